The van der Waals surface area contributed by atoms with Crippen LogP contribution in [0.2, 0.25) is 0 Å². The first kappa shape index (κ1) is 16.0. The van der Waals surface area contributed by atoms with Gasteiger partial charge in [0.2, 0.25) is 10.3 Å². The van der Waals surface area contributed by atoms with Crippen molar-refractivity contribution in [3.8, 4) is 0 Å². The van der Waals surface area contributed by atoms with Gasteiger partial charge in [-0.1, -0.05) is 11.3 Å². The monoisotopic (exact) mass is 304 g/mol. The summed E-state index contributed by atoms with van der Waals surface area (Å²) >= 11 is 2.89. The highest BCUT2D eigenvalue weighted by Gasteiger charge is 2.25. The molecule has 0 saturated carbocycles. The largest absolute Gasteiger partial charge is 0.458 e. The first-order chi connectivity index (χ1) is 8.81. The summed E-state index contributed by atoms with van der Waals surface area (Å²) in [5, 5.41) is 11.5. The third kappa shape index (κ3) is 6.11. The Morgan fingerprint density at radius 1 is 1.53 bits per heavy atom. The number of nitrogens with zero attached hydrogens (tertiary/aromatic N) is 2. The number of hydrogen-bond donors (Lipinski definition) is 2. The lowest BCUT2D eigenvalue weighted by molar-refractivity contribution is -0.155. The van der Waals surface area contributed by atoms with Crippen molar-refractivity contribution >= 4 is 39.3 Å². The zero-order valence-corrected chi connectivity index (χ0v) is 13.2. The smallest absolute Gasteiger partial charge is 0.329 e. The van der Waals surface area contributed by atoms with Gasteiger partial charge in [0.05, 0.1) is 0 Å². The molecule has 3 N–H and O–H groups in total. The number of nitrogens with one attached hydrogen (secondary N) is 1. The van der Waals surface area contributed by atoms with Crippen molar-refractivity contribution in [2.24, 2.45) is 0 Å². The molecule has 0 aliphatic carbocycles. The molecule has 0 spiro atoms. The summed E-state index contributed by atoms with van der Waals surface area (Å²) < 4.78 is 5.39. The number of anilines is 2. The van der Waals surface area contributed by atoms with Gasteiger partial charge < -0.3 is 15.8 Å². The van der Waals surface area contributed by atoms with Gasteiger partial charge in [-0.2, -0.15) is 11.8 Å². The summed E-state index contributed by atoms with van der Waals surface area (Å²) in [4.78, 5) is 12.1. The zero-order valence-electron chi connectivity index (χ0n) is 11.6. The Labute approximate surface area is 121 Å². The van der Waals surface area contributed by atoms with E-state index in [0.717, 1.165) is 5.75 Å². The molecule has 1 atom stereocenters. The Morgan fingerprint density at radius 2 is 2.21 bits per heavy atom. The molecule has 19 heavy (non-hydrogen) atoms. The number of rotatable bonds is 6. The Kier molecular flexibility index (Phi) is 5.86. The number of esters is 1. The molecule has 0 aromatic carbocycles. The van der Waals surface area contributed by atoms with E-state index in [2.05, 4.69) is 15.5 Å². The lowest BCUT2D eigenvalue weighted by Gasteiger charge is -2.24. The molecule has 0 fully saturated rings. The van der Waals surface area contributed by atoms with E-state index in [-0.39, 0.29) is 5.97 Å². The van der Waals surface area contributed by atoms with Crippen molar-refractivity contribution in [1.82, 2.24) is 10.2 Å². The lowest BCUT2D eigenvalue weighted by atomic mass is 10.1. The molecule has 8 heteroatoms. The minimum atomic E-state index is -0.503. The highest BCUT2D eigenvalue weighted by atomic mass is 32.2. The minimum absolute atomic E-state index is 0.282. The van der Waals surface area contributed by atoms with Crippen molar-refractivity contribution in [2.45, 2.75) is 38.8 Å². The zero-order chi connectivity index (χ0) is 14.5. The third-order valence-corrected chi connectivity index (χ3v) is 3.37. The van der Waals surface area contributed by atoms with Gasteiger partial charge in [-0.25, -0.2) is 4.79 Å². The van der Waals surface area contributed by atoms with E-state index in [9.17, 15) is 4.79 Å². The fraction of sp³-hybridized carbons (Fsp3) is 0.727. The molecule has 108 valence electrons. The van der Waals surface area contributed by atoms with Gasteiger partial charge in [0.15, 0.2) is 0 Å². The first-order valence-electron chi connectivity index (χ1n) is 5.89. The van der Waals surface area contributed by atoms with Crippen LogP contribution in [-0.4, -0.2) is 39.8 Å². The number of carbonyl (C=O) groups is 1. The van der Waals surface area contributed by atoms with Crippen LogP contribution in [0.1, 0.15) is 27.2 Å². The molecular weight excluding hydrogens is 284 g/mol. The second-order valence-corrected chi connectivity index (χ2v) is 6.95. The van der Waals surface area contributed by atoms with Crippen LogP contribution in [0.5, 0.6) is 0 Å². The second kappa shape index (κ2) is 6.95. The summed E-state index contributed by atoms with van der Waals surface area (Å²) in [6.07, 6.45) is 2.66. The van der Waals surface area contributed by atoms with Crippen LogP contribution >= 0.6 is 23.1 Å². The number of ether oxygens (including phenoxy) is 1. The summed E-state index contributed by atoms with van der Waals surface area (Å²) in [6.45, 7) is 5.54. The molecular formula is C11H20N4O2S2. The maximum Gasteiger partial charge on any atom is 0.329 e. The predicted molar refractivity (Wildman–Crippen MR) is 80.6 cm³/mol. The molecule has 0 bridgehead atoms. The van der Waals surface area contributed by atoms with Crippen LogP contribution in [0.15, 0.2) is 0 Å². The van der Waals surface area contributed by atoms with Crippen LogP contribution in [0.25, 0.3) is 0 Å². The topological polar surface area (TPSA) is 90.1 Å². The van der Waals surface area contributed by atoms with Crippen molar-refractivity contribution in [1.29, 1.82) is 0 Å². The molecule has 0 radical (unpaired) electrons. The summed E-state index contributed by atoms with van der Waals surface area (Å²) in [5.41, 5.74) is 5.01. The number of nitrogen functional groups attached to an aromatic ring is 1. The molecule has 0 saturated heterocycles. The van der Waals surface area contributed by atoms with Crippen molar-refractivity contribution in [3.05, 3.63) is 0 Å². The van der Waals surface area contributed by atoms with Gasteiger partial charge in [0.1, 0.15) is 11.6 Å². The molecule has 1 aromatic heterocycles. The van der Waals surface area contributed by atoms with E-state index in [1.165, 1.54) is 11.3 Å². The normalized spacial score (nSPS) is 13.1. The van der Waals surface area contributed by atoms with Gasteiger partial charge >= 0.3 is 5.97 Å². The minimum Gasteiger partial charge on any atom is -0.458 e. The standard InChI is InChI=1S/C11H20N4O2S2/c1-11(2,3)17-8(16)7(5-6-18-4)13-10-15-14-9(12)19-10/h7H,5-6H2,1-4H3,(H2,12,14)(H,13,15). The van der Waals surface area contributed by atoms with Gasteiger partial charge in [-0.15, -0.1) is 10.2 Å². The third-order valence-electron chi connectivity index (χ3n) is 2.04. The highest BCUT2D eigenvalue weighted by molar-refractivity contribution is 7.98. The van der Waals surface area contributed by atoms with E-state index in [1.807, 2.05) is 27.0 Å². The number of carbonyl (C=O) groups excluding carboxylic acids is 1. The van der Waals surface area contributed by atoms with Crippen LogP contribution in [-0.2, 0) is 9.53 Å². The van der Waals surface area contributed by atoms with E-state index in [0.29, 0.717) is 16.7 Å². The molecule has 0 aliphatic rings. The molecule has 1 rings (SSSR count). The van der Waals surface area contributed by atoms with E-state index in [1.54, 1.807) is 11.8 Å². The lowest BCUT2D eigenvalue weighted by Crippen LogP contribution is -2.37. The number of nitrogens with two attached hydrogens (primary N) is 1. The molecule has 0 amide bonds. The van der Waals surface area contributed by atoms with E-state index in [4.69, 9.17) is 10.5 Å². The van der Waals surface area contributed by atoms with E-state index >= 15 is 0 Å². The Bertz CT molecular complexity index is 417. The Balaban J connectivity index is 2.68. The SMILES string of the molecule is CSCCC(Nc1nnc(N)s1)C(=O)OC(C)(C)C. The Morgan fingerprint density at radius 3 is 2.68 bits per heavy atom. The molecule has 1 aromatic rings. The fourth-order valence-electron chi connectivity index (χ4n) is 1.30. The average molecular weight is 304 g/mol. The van der Waals surface area contributed by atoms with Crippen LogP contribution in [0.4, 0.5) is 10.3 Å². The first-order valence-corrected chi connectivity index (χ1v) is 8.10. The van der Waals surface area contributed by atoms with Gasteiger partial charge in [0.25, 0.3) is 0 Å². The van der Waals surface area contributed by atoms with E-state index < -0.39 is 11.6 Å². The van der Waals surface area contributed by atoms with Crippen LogP contribution in [0.3, 0.4) is 0 Å². The van der Waals surface area contributed by atoms with Crippen LogP contribution in [0, 0.1) is 0 Å². The van der Waals surface area contributed by atoms with Crippen molar-refractivity contribution < 1.29 is 9.53 Å². The Hall–Kier alpha value is -1.02. The van der Waals surface area contributed by atoms with Gasteiger partial charge in [-0.3, -0.25) is 0 Å². The summed E-state index contributed by atoms with van der Waals surface area (Å²) in [7, 11) is 0. The predicted octanol–water partition coefficient (Wildman–Crippen LogP) is 2.00. The fourth-order valence-corrected chi connectivity index (χ4v) is 2.33. The van der Waals surface area contributed by atoms with Crippen molar-refractivity contribution in [3.63, 3.8) is 0 Å². The molecule has 1 unspecified atom stereocenters. The quantitative estimate of drug-likeness (QED) is 0.777. The van der Waals surface area contributed by atoms with Crippen molar-refractivity contribution in [2.75, 3.05) is 23.1 Å². The maximum absolute atomic E-state index is 12.1. The molecule has 6 nitrogen and oxygen atoms in total. The average Bonchev–Trinajstić information content (AvgIpc) is 2.67. The number of thioether (sulfide) groups is 1. The maximum atomic E-state index is 12.1. The van der Waals surface area contributed by atoms with Gasteiger partial charge in [-0.05, 0) is 39.2 Å². The number of aromatic nitrogens is 2. The highest BCUT2D eigenvalue weighted by Crippen LogP contribution is 2.20. The number of hydrogen-bond acceptors (Lipinski definition) is 8. The molecule has 0 aliphatic heterocycles. The molecule has 1 heterocycles. The second-order valence-electron chi connectivity index (χ2n) is 4.96. The van der Waals surface area contributed by atoms with Gasteiger partial charge in [0, 0.05) is 0 Å². The summed E-state index contributed by atoms with van der Waals surface area (Å²) in [6, 6.07) is -0.431. The van der Waals surface area contributed by atoms with Crippen LogP contribution < -0.4 is 11.1 Å². The summed E-state index contributed by atoms with van der Waals surface area (Å²) in [5.74, 6) is 0.570.